The van der Waals surface area contributed by atoms with Gasteiger partial charge in [0, 0.05) is 19.2 Å². The van der Waals surface area contributed by atoms with Gasteiger partial charge < -0.3 is 8.85 Å². The molecule has 1 rings (SSSR count). The van der Waals surface area contributed by atoms with Crippen molar-refractivity contribution in [3.8, 4) is 5.75 Å². The average molecular weight is 295 g/mol. The Morgan fingerprint density at radius 2 is 1.30 bits per heavy atom. The van der Waals surface area contributed by atoms with Crippen molar-refractivity contribution in [2.24, 2.45) is 10.8 Å². The van der Waals surface area contributed by atoms with Crippen LogP contribution in [0.3, 0.4) is 0 Å². The molecule has 20 heavy (non-hydrogen) atoms. The molecule has 114 valence electrons. The third-order valence-electron chi connectivity index (χ3n) is 3.02. The maximum atomic E-state index is 6.42. The summed E-state index contributed by atoms with van der Waals surface area (Å²) >= 11 is 0. The normalized spacial score (nSPS) is 13.3. The second kappa shape index (κ2) is 6.31. The van der Waals surface area contributed by atoms with Gasteiger partial charge in [-0.3, -0.25) is 0 Å². The molecule has 0 bridgehead atoms. The maximum absolute atomic E-state index is 6.42. The lowest BCUT2D eigenvalue weighted by molar-refractivity contribution is 0.252. The van der Waals surface area contributed by atoms with Gasteiger partial charge in [0.15, 0.2) is 0 Å². The van der Waals surface area contributed by atoms with Gasteiger partial charge in [0.1, 0.15) is 5.75 Å². The van der Waals surface area contributed by atoms with Crippen LogP contribution in [0, 0.1) is 10.8 Å². The third kappa shape index (κ3) is 6.10. The van der Waals surface area contributed by atoms with E-state index in [2.05, 4.69) is 41.5 Å². The minimum Gasteiger partial charge on any atom is -0.520 e. The van der Waals surface area contributed by atoms with Crippen molar-refractivity contribution in [2.75, 3.05) is 7.11 Å². The highest BCUT2D eigenvalue weighted by Gasteiger charge is 2.45. The lowest BCUT2D eigenvalue weighted by Gasteiger charge is -2.38. The minimum atomic E-state index is -2.28. The maximum Gasteiger partial charge on any atom is 0.399 e. The van der Waals surface area contributed by atoms with Gasteiger partial charge in [-0.05, 0) is 23.0 Å². The Hall–Kier alpha value is -0.803. The van der Waals surface area contributed by atoms with Gasteiger partial charge in [-0.2, -0.15) is 0 Å². The first-order valence-corrected chi connectivity index (χ1v) is 9.58. The summed E-state index contributed by atoms with van der Waals surface area (Å²) in [5, 5.41) is 0. The molecular weight excluding hydrogens is 264 g/mol. The summed E-state index contributed by atoms with van der Waals surface area (Å²) in [6, 6.07) is 12.1. The van der Waals surface area contributed by atoms with E-state index in [1.54, 1.807) is 0 Å². The van der Waals surface area contributed by atoms with Crippen LogP contribution in [0.15, 0.2) is 30.3 Å². The van der Waals surface area contributed by atoms with E-state index in [4.69, 9.17) is 8.85 Å². The van der Waals surface area contributed by atoms with Gasteiger partial charge in [0.05, 0.1) is 0 Å². The van der Waals surface area contributed by atoms with Crippen molar-refractivity contribution in [3.63, 3.8) is 0 Å². The minimum absolute atomic E-state index is 0.197. The topological polar surface area (TPSA) is 18.5 Å². The van der Waals surface area contributed by atoms with E-state index >= 15 is 0 Å². The largest absolute Gasteiger partial charge is 0.520 e. The summed E-state index contributed by atoms with van der Waals surface area (Å²) in [4.78, 5) is 0. The van der Waals surface area contributed by atoms with Crippen molar-refractivity contribution in [1.29, 1.82) is 0 Å². The van der Waals surface area contributed by atoms with Crippen molar-refractivity contribution in [2.45, 2.75) is 53.6 Å². The van der Waals surface area contributed by atoms with Crippen LogP contribution in [0.5, 0.6) is 5.75 Å². The molecule has 1 aromatic carbocycles. The molecule has 0 saturated heterocycles. The quantitative estimate of drug-likeness (QED) is 0.691. The van der Waals surface area contributed by atoms with Crippen LogP contribution in [0.4, 0.5) is 0 Å². The second-order valence-electron chi connectivity index (χ2n) is 8.00. The van der Waals surface area contributed by atoms with Crippen LogP contribution in [-0.2, 0) is 4.43 Å². The molecule has 0 aromatic heterocycles. The van der Waals surface area contributed by atoms with E-state index in [1.807, 2.05) is 37.4 Å². The lowest BCUT2D eigenvalue weighted by atomic mass is 10.00. The van der Waals surface area contributed by atoms with E-state index in [0.29, 0.717) is 0 Å². The van der Waals surface area contributed by atoms with Crippen LogP contribution < -0.4 is 4.43 Å². The van der Waals surface area contributed by atoms with Gasteiger partial charge in [-0.25, -0.2) is 0 Å². The van der Waals surface area contributed by atoms with Gasteiger partial charge in [0.2, 0.25) is 0 Å². The standard InChI is InChI=1S/C17H30O2Si/c1-16(2,3)13-20(18-7,14-17(4,5)6)19-15-11-9-8-10-12-15/h8-12H,13-14H2,1-7H3. The summed E-state index contributed by atoms with van der Waals surface area (Å²) in [5.74, 6) is 0.925. The monoisotopic (exact) mass is 294 g/mol. The molecule has 0 saturated carbocycles. The van der Waals surface area contributed by atoms with E-state index < -0.39 is 8.56 Å². The zero-order valence-corrected chi connectivity index (χ0v) is 15.1. The molecule has 0 aliphatic heterocycles. The van der Waals surface area contributed by atoms with Gasteiger partial charge in [-0.15, -0.1) is 0 Å². The van der Waals surface area contributed by atoms with Crippen LogP contribution in [0.25, 0.3) is 0 Å². The summed E-state index contributed by atoms with van der Waals surface area (Å²) in [7, 11) is -0.469. The zero-order valence-electron chi connectivity index (χ0n) is 14.1. The molecule has 0 unspecified atom stereocenters. The van der Waals surface area contributed by atoms with E-state index in [1.165, 1.54) is 0 Å². The molecule has 0 atom stereocenters. The molecule has 2 nitrogen and oxygen atoms in total. The number of hydrogen-bond donors (Lipinski definition) is 0. The van der Waals surface area contributed by atoms with Crippen LogP contribution in [0.2, 0.25) is 12.1 Å². The van der Waals surface area contributed by atoms with Crippen molar-refractivity contribution in [1.82, 2.24) is 0 Å². The Morgan fingerprint density at radius 3 is 1.65 bits per heavy atom. The third-order valence-corrected chi connectivity index (χ3v) is 7.57. The first-order chi connectivity index (χ1) is 9.05. The molecule has 0 heterocycles. The predicted octanol–water partition coefficient (Wildman–Crippen LogP) is 5.25. The lowest BCUT2D eigenvalue weighted by Crippen LogP contribution is -2.49. The number of hydrogen-bond acceptors (Lipinski definition) is 2. The molecular formula is C17H30O2Si. The summed E-state index contributed by atoms with van der Waals surface area (Å²) in [5.41, 5.74) is 0.393. The molecule has 0 spiro atoms. The van der Waals surface area contributed by atoms with Gasteiger partial charge in [0.25, 0.3) is 0 Å². The molecule has 3 heteroatoms. The highest BCUT2D eigenvalue weighted by Crippen LogP contribution is 2.38. The van der Waals surface area contributed by atoms with Crippen molar-refractivity contribution >= 4 is 8.56 Å². The Morgan fingerprint density at radius 1 is 0.850 bits per heavy atom. The molecule has 0 aliphatic carbocycles. The van der Waals surface area contributed by atoms with Crippen molar-refractivity contribution < 1.29 is 8.85 Å². The van der Waals surface area contributed by atoms with Crippen LogP contribution in [0.1, 0.15) is 41.5 Å². The highest BCUT2D eigenvalue weighted by atomic mass is 28.4. The average Bonchev–Trinajstić information content (AvgIpc) is 2.25. The first kappa shape index (κ1) is 17.2. The molecule has 1 aromatic rings. The smallest absolute Gasteiger partial charge is 0.399 e. The fourth-order valence-electron chi connectivity index (χ4n) is 2.64. The number of benzene rings is 1. The summed E-state index contributed by atoms with van der Waals surface area (Å²) < 4.78 is 12.4. The predicted molar refractivity (Wildman–Crippen MR) is 88.4 cm³/mol. The van der Waals surface area contributed by atoms with Crippen LogP contribution >= 0.6 is 0 Å². The SMILES string of the molecule is CO[Si](CC(C)(C)C)(CC(C)(C)C)Oc1ccccc1. The fraction of sp³-hybridized carbons (Fsp3) is 0.647. The second-order valence-corrected chi connectivity index (χ2v) is 11.1. The molecule has 0 radical (unpaired) electrons. The number of para-hydroxylation sites is 1. The molecule has 0 amide bonds. The van der Waals surface area contributed by atoms with Crippen LogP contribution in [-0.4, -0.2) is 15.7 Å². The molecule has 0 aliphatic rings. The zero-order chi connectivity index (χ0) is 15.4. The fourth-order valence-corrected chi connectivity index (χ4v) is 7.08. The highest BCUT2D eigenvalue weighted by molar-refractivity contribution is 6.68. The van der Waals surface area contributed by atoms with Gasteiger partial charge >= 0.3 is 8.56 Å². The van der Waals surface area contributed by atoms with Crippen molar-refractivity contribution in [3.05, 3.63) is 30.3 Å². The summed E-state index contributed by atoms with van der Waals surface area (Å²) in [6.07, 6.45) is 0. The Labute approximate surface area is 125 Å². The van der Waals surface area contributed by atoms with E-state index in [0.717, 1.165) is 17.8 Å². The Balaban J connectivity index is 3.04. The van der Waals surface area contributed by atoms with E-state index in [-0.39, 0.29) is 10.8 Å². The Kier molecular flexibility index (Phi) is 5.44. The molecule has 0 N–H and O–H groups in total. The van der Waals surface area contributed by atoms with Gasteiger partial charge in [-0.1, -0.05) is 59.7 Å². The Bertz CT molecular complexity index is 385. The number of rotatable bonds is 5. The molecule has 0 fully saturated rings. The van der Waals surface area contributed by atoms with E-state index in [9.17, 15) is 0 Å². The first-order valence-electron chi connectivity index (χ1n) is 7.35. The summed E-state index contributed by atoms with van der Waals surface area (Å²) in [6.45, 7) is 13.5.